The molecule has 2 aromatic heterocycles. The van der Waals surface area contributed by atoms with Crippen molar-refractivity contribution in [2.75, 3.05) is 11.9 Å². The third-order valence-corrected chi connectivity index (χ3v) is 2.22. The second-order valence-electron chi connectivity index (χ2n) is 2.95. The molecule has 0 aliphatic carbocycles. The predicted molar refractivity (Wildman–Crippen MR) is 46.2 cm³/mol. The highest BCUT2D eigenvalue weighted by Gasteiger charge is 2.18. The van der Waals surface area contributed by atoms with Gasteiger partial charge in [-0.15, -0.1) is 0 Å². The molecule has 3 rings (SSSR count). The SMILES string of the molecule is c1cc2oc3c(c2cn1)NCC3. The molecule has 0 fully saturated rings. The molecule has 3 nitrogen and oxygen atoms in total. The summed E-state index contributed by atoms with van der Waals surface area (Å²) in [7, 11) is 0. The Labute approximate surface area is 69.4 Å². The lowest BCUT2D eigenvalue weighted by Crippen LogP contribution is -1.92. The summed E-state index contributed by atoms with van der Waals surface area (Å²) in [5, 5.41) is 4.39. The first-order chi connectivity index (χ1) is 5.95. The van der Waals surface area contributed by atoms with E-state index in [1.165, 1.54) is 0 Å². The normalized spacial score (nSPS) is 14.7. The van der Waals surface area contributed by atoms with Gasteiger partial charge in [0.05, 0.1) is 11.1 Å². The molecule has 2 aromatic rings. The van der Waals surface area contributed by atoms with Crippen molar-refractivity contribution in [1.82, 2.24) is 4.98 Å². The topological polar surface area (TPSA) is 38.1 Å². The number of pyridine rings is 1. The molecule has 0 spiro atoms. The number of fused-ring (bicyclic) bond motifs is 3. The Balaban J connectivity index is 2.44. The van der Waals surface area contributed by atoms with Crippen LogP contribution in [-0.4, -0.2) is 11.5 Å². The number of anilines is 1. The fourth-order valence-corrected chi connectivity index (χ4v) is 1.66. The molecule has 0 amide bonds. The van der Waals surface area contributed by atoms with Crippen LogP contribution in [0.3, 0.4) is 0 Å². The molecule has 0 radical (unpaired) electrons. The maximum atomic E-state index is 5.61. The lowest BCUT2D eigenvalue weighted by atomic mass is 10.3. The van der Waals surface area contributed by atoms with E-state index in [0.717, 1.165) is 35.4 Å². The first-order valence-corrected chi connectivity index (χ1v) is 4.04. The van der Waals surface area contributed by atoms with E-state index >= 15 is 0 Å². The quantitative estimate of drug-likeness (QED) is 0.638. The van der Waals surface area contributed by atoms with Crippen molar-refractivity contribution in [3.8, 4) is 0 Å². The van der Waals surface area contributed by atoms with Crippen LogP contribution in [-0.2, 0) is 6.42 Å². The van der Waals surface area contributed by atoms with Gasteiger partial charge in [0, 0.05) is 25.4 Å². The van der Waals surface area contributed by atoms with Crippen LogP contribution in [0.5, 0.6) is 0 Å². The predicted octanol–water partition coefficient (Wildman–Crippen LogP) is 1.80. The fourth-order valence-electron chi connectivity index (χ4n) is 1.66. The smallest absolute Gasteiger partial charge is 0.139 e. The zero-order valence-electron chi connectivity index (χ0n) is 6.50. The summed E-state index contributed by atoms with van der Waals surface area (Å²) < 4.78 is 5.61. The maximum absolute atomic E-state index is 5.61. The minimum absolute atomic E-state index is 0.933. The Morgan fingerprint density at radius 1 is 1.50 bits per heavy atom. The third-order valence-electron chi connectivity index (χ3n) is 2.22. The number of hydrogen-bond donors (Lipinski definition) is 1. The van der Waals surface area contributed by atoms with Crippen LogP contribution in [0.1, 0.15) is 5.76 Å². The first-order valence-electron chi connectivity index (χ1n) is 4.04. The summed E-state index contributed by atoms with van der Waals surface area (Å²) >= 11 is 0. The van der Waals surface area contributed by atoms with E-state index in [0.29, 0.717) is 0 Å². The van der Waals surface area contributed by atoms with Crippen LogP contribution in [0.2, 0.25) is 0 Å². The lowest BCUT2D eigenvalue weighted by Gasteiger charge is -1.92. The van der Waals surface area contributed by atoms with E-state index in [9.17, 15) is 0 Å². The molecule has 0 saturated carbocycles. The van der Waals surface area contributed by atoms with Gasteiger partial charge in [-0.2, -0.15) is 0 Å². The summed E-state index contributed by atoms with van der Waals surface area (Å²) in [5.41, 5.74) is 2.07. The van der Waals surface area contributed by atoms with Crippen molar-refractivity contribution in [3.63, 3.8) is 0 Å². The summed E-state index contributed by atoms with van der Waals surface area (Å²) in [4.78, 5) is 4.06. The van der Waals surface area contributed by atoms with Crippen LogP contribution >= 0.6 is 0 Å². The number of nitrogens with one attached hydrogen (secondary N) is 1. The van der Waals surface area contributed by atoms with Crippen molar-refractivity contribution >= 4 is 16.7 Å². The molecule has 0 unspecified atom stereocenters. The van der Waals surface area contributed by atoms with Crippen molar-refractivity contribution in [1.29, 1.82) is 0 Å². The van der Waals surface area contributed by atoms with Gasteiger partial charge in [-0.1, -0.05) is 0 Å². The highest BCUT2D eigenvalue weighted by atomic mass is 16.3. The van der Waals surface area contributed by atoms with E-state index in [-0.39, 0.29) is 0 Å². The molecule has 0 bridgehead atoms. The molecular formula is C9H8N2O. The molecule has 1 aliphatic rings. The van der Waals surface area contributed by atoms with E-state index in [1.54, 1.807) is 6.20 Å². The Morgan fingerprint density at radius 2 is 2.50 bits per heavy atom. The van der Waals surface area contributed by atoms with Gasteiger partial charge in [-0.25, -0.2) is 0 Å². The van der Waals surface area contributed by atoms with Gasteiger partial charge in [0.25, 0.3) is 0 Å². The third kappa shape index (κ3) is 0.630. The van der Waals surface area contributed by atoms with Gasteiger partial charge < -0.3 is 9.73 Å². The summed E-state index contributed by atoms with van der Waals surface area (Å²) in [6.07, 6.45) is 4.58. The van der Waals surface area contributed by atoms with E-state index in [2.05, 4.69) is 10.3 Å². The lowest BCUT2D eigenvalue weighted by molar-refractivity contribution is 0.564. The molecule has 0 aromatic carbocycles. The fraction of sp³-hybridized carbons (Fsp3) is 0.222. The standard InChI is InChI=1S/C9H8N2O/c1-3-10-5-6-7(1)12-8-2-4-11-9(6)8/h1,3,5,11H,2,4H2. The van der Waals surface area contributed by atoms with E-state index < -0.39 is 0 Å². The van der Waals surface area contributed by atoms with Gasteiger partial charge in [0.1, 0.15) is 11.3 Å². The monoisotopic (exact) mass is 160 g/mol. The number of aromatic nitrogens is 1. The molecule has 1 aliphatic heterocycles. The minimum atomic E-state index is 0.933. The molecule has 60 valence electrons. The van der Waals surface area contributed by atoms with Crippen LogP contribution in [0.25, 0.3) is 11.0 Å². The molecular weight excluding hydrogens is 152 g/mol. The van der Waals surface area contributed by atoms with Gasteiger partial charge in [0.2, 0.25) is 0 Å². The van der Waals surface area contributed by atoms with Gasteiger partial charge in [-0.3, -0.25) is 4.98 Å². The average molecular weight is 160 g/mol. The number of rotatable bonds is 0. The van der Waals surface area contributed by atoms with Crippen LogP contribution in [0.4, 0.5) is 5.69 Å². The number of nitrogens with zero attached hydrogens (tertiary/aromatic N) is 1. The number of furan rings is 1. The van der Waals surface area contributed by atoms with Crippen molar-refractivity contribution < 1.29 is 4.42 Å². The maximum Gasteiger partial charge on any atom is 0.139 e. The summed E-state index contributed by atoms with van der Waals surface area (Å²) in [5.74, 6) is 1.07. The zero-order valence-corrected chi connectivity index (χ0v) is 6.50. The Kier molecular flexibility index (Phi) is 1.01. The minimum Gasteiger partial charge on any atom is -0.459 e. The van der Waals surface area contributed by atoms with E-state index in [4.69, 9.17) is 4.42 Å². The van der Waals surface area contributed by atoms with Gasteiger partial charge in [-0.05, 0) is 6.07 Å². The Morgan fingerprint density at radius 3 is 3.50 bits per heavy atom. The van der Waals surface area contributed by atoms with Crippen LogP contribution in [0.15, 0.2) is 22.9 Å². The number of hydrogen-bond acceptors (Lipinski definition) is 3. The molecule has 0 saturated heterocycles. The van der Waals surface area contributed by atoms with E-state index in [1.807, 2.05) is 12.3 Å². The Bertz CT molecular complexity index is 433. The zero-order chi connectivity index (χ0) is 7.97. The molecule has 1 N–H and O–H groups in total. The van der Waals surface area contributed by atoms with Crippen molar-refractivity contribution in [3.05, 3.63) is 24.2 Å². The van der Waals surface area contributed by atoms with Crippen LogP contribution in [0, 0.1) is 0 Å². The second-order valence-corrected chi connectivity index (χ2v) is 2.95. The van der Waals surface area contributed by atoms with Crippen LogP contribution < -0.4 is 5.32 Å². The molecule has 3 heteroatoms. The summed E-state index contributed by atoms with van der Waals surface area (Å²) in [6.45, 7) is 0.985. The molecule has 0 atom stereocenters. The second kappa shape index (κ2) is 2.00. The highest BCUT2D eigenvalue weighted by molar-refractivity contribution is 5.92. The Hall–Kier alpha value is -1.51. The first kappa shape index (κ1) is 6.06. The van der Waals surface area contributed by atoms with Gasteiger partial charge in [0.15, 0.2) is 0 Å². The molecule has 12 heavy (non-hydrogen) atoms. The largest absolute Gasteiger partial charge is 0.459 e. The van der Waals surface area contributed by atoms with Crippen molar-refractivity contribution in [2.24, 2.45) is 0 Å². The molecule has 3 heterocycles. The van der Waals surface area contributed by atoms with Gasteiger partial charge >= 0.3 is 0 Å². The summed E-state index contributed by atoms with van der Waals surface area (Å²) in [6, 6.07) is 1.90. The average Bonchev–Trinajstić information content (AvgIpc) is 2.62. The van der Waals surface area contributed by atoms with Crippen molar-refractivity contribution in [2.45, 2.75) is 6.42 Å². The highest BCUT2D eigenvalue weighted by Crippen LogP contribution is 2.33.